The Balaban J connectivity index is 2.05. The van der Waals surface area contributed by atoms with E-state index in [-0.39, 0.29) is 0 Å². The molecule has 0 radical (unpaired) electrons. The van der Waals surface area contributed by atoms with Crippen molar-refractivity contribution in [3.8, 4) is 0 Å². The van der Waals surface area contributed by atoms with Crippen molar-refractivity contribution in [2.45, 2.75) is 32.3 Å². The molecule has 2 nitrogen and oxygen atoms in total. The first-order valence-electron chi connectivity index (χ1n) is 6.65. The van der Waals surface area contributed by atoms with E-state index in [0.717, 1.165) is 31.6 Å². The summed E-state index contributed by atoms with van der Waals surface area (Å²) >= 11 is 0. The molecule has 1 aromatic carbocycles. The molecule has 0 saturated carbocycles. The van der Waals surface area contributed by atoms with Crippen LogP contribution < -0.4 is 0 Å². The summed E-state index contributed by atoms with van der Waals surface area (Å²) in [5.41, 5.74) is 2.36. The molecule has 0 atom stereocenters. The molecule has 0 fully saturated rings. The lowest BCUT2D eigenvalue weighted by Crippen LogP contribution is -1.96. The number of hydrogen-bond acceptors (Lipinski definition) is 2. The highest BCUT2D eigenvalue weighted by Gasteiger charge is 1.95. The standard InChI is InChI=1S/C16H24O2/c1-3-15-9-8-10-16(13-15)14-18-12-7-5-4-6-11-17-2/h3,8-10,13H,1,4-7,11-12,14H2,2H3. The van der Waals surface area contributed by atoms with Crippen LogP contribution in [-0.4, -0.2) is 20.3 Å². The highest BCUT2D eigenvalue weighted by atomic mass is 16.5. The number of benzene rings is 1. The lowest BCUT2D eigenvalue weighted by atomic mass is 10.1. The predicted molar refractivity (Wildman–Crippen MR) is 76.5 cm³/mol. The number of ether oxygens (including phenoxy) is 2. The summed E-state index contributed by atoms with van der Waals surface area (Å²) in [7, 11) is 1.75. The smallest absolute Gasteiger partial charge is 0.0717 e. The Bertz CT molecular complexity index is 334. The molecule has 0 N–H and O–H groups in total. The van der Waals surface area contributed by atoms with Gasteiger partial charge in [0.25, 0.3) is 0 Å². The summed E-state index contributed by atoms with van der Waals surface area (Å²) in [5.74, 6) is 0. The number of rotatable bonds is 10. The van der Waals surface area contributed by atoms with Crippen molar-refractivity contribution in [1.82, 2.24) is 0 Å². The third-order valence-electron chi connectivity index (χ3n) is 2.84. The fraction of sp³-hybridized carbons (Fsp3) is 0.500. The fourth-order valence-corrected chi connectivity index (χ4v) is 1.80. The van der Waals surface area contributed by atoms with Crippen LogP contribution in [0.2, 0.25) is 0 Å². The third kappa shape index (κ3) is 6.58. The van der Waals surface area contributed by atoms with Crippen LogP contribution in [0, 0.1) is 0 Å². The number of unbranched alkanes of at least 4 members (excludes halogenated alkanes) is 3. The predicted octanol–water partition coefficient (Wildman–Crippen LogP) is 4.05. The molecule has 0 saturated heterocycles. The van der Waals surface area contributed by atoms with E-state index < -0.39 is 0 Å². The summed E-state index contributed by atoms with van der Waals surface area (Å²) in [6, 6.07) is 8.30. The average Bonchev–Trinajstić information content (AvgIpc) is 2.42. The van der Waals surface area contributed by atoms with Gasteiger partial charge in [0, 0.05) is 20.3 Å². The molecule has 0 unspecified atom stereocenters. The minimum Gasteiger partial charge on any atom is -0.385 e. The zero-order chi connectivity index (χ0) is 13.1. The largest absolute Gasteiger partial charge is 0.385 e. The Morgan fingerprint density at radius 1 is 1.11 bits per heavy atom. The summed E-state index contributed by atoms with van der Waals surface area (Å²) in [4.78, 5) is 0. The van der Waals surface area contributed by atoms with Gasteiger partial charge in [-0.1, -0.05) is 43.7 Å². The molecule has 0 heterocycles. The molecule has 1 aromatic rings. The Kier molecular flexibility index (Phi) is 8.19. The number of hydrogen-bond donors (Lipinski definition) is 0. The summed E-state index contributed by atoms with van der Waals surface area (Å²) in [6.45, 7) is 6.17. The molecule has 0 aliphatic heterocycles. The lowest BCUT2D eigenvalue weighted by molar-refractivity contribution is 0.116. The van der Waals surface area contributed by atoms with Gasteiger partial charge in [0.15, 0.2) is 0 Å². The van der Waals surface area contributed by atoms with Crippen LogP contribution in [0.5, 0.6) is 0 Å². The van der Waals surface area contributed by atoms with Gasteiger partial charge < -0.3 is 9.47 Å². The molecular formula is C16H24O2. The Morgan fingerprint density at radius 2 is 1.89 bits per heavy atom. The molecule has 0 aliphatic carbocycles. The fourth-order valence-electron chi connectivity index (χ4n) is 1.80. The van der Waals surface area contributed by atoms with Crippen LogP contribution in [0.3, 0.4) is 0 Å². The molecule has 0 aromatic heterocycles. The van der Waals surface area contributed by atoms with Crippen LogP contribution in [0.4, 0.5) is 0 Å². The van der Waals surface area contributed by atoms with E-state index in [2.05, 4.69) is 18.7 Å². The zero-order valence-electron chi connectivity index (χ0n) is 11.4. The molecule has 18 heavy (non-hydrogen) atoms. The highest BCUT2D eigenvalue weighted by Crippen LogP contribution is 2.08. The highest BCUT2D eigenvalue weighted by molar-refractivity contribution is 5.47. The SMILES string of the molecule is C=Cc1cccc(COCCCCCCOC)c1. The molecule has 0 amide bonds. The van der Waals surface area contributed by atoms with Gasteiger partial charge in [-0.25, -0.2) is 0 Å². The Labute approximate surface area is 111 Å². The van der Waals surface area contributed by atoms with E-state index in [0.29, 0.717) is 6.61 Å². The van der Waals surface area contributed by atoms with Crippen molar-refractivity contribution in [3.05, 3.63) is 42.0 Å². The number of methoxy groups -OCH3 is 1. The molecule has 100 valence electrons. The van der Waals surface area contributed by atoms with Gasteiger partial charge in [-0.15, -0.1) is 0 Å². The molecule has 1 rings (SSSR count). The van der Waals surface area contributed by atoms with Gasteiger partial charge in [-0.3, -0.25) is 0 Å². The van der Waals surface area contributed by atoms with Crippen molar-refractivity contribution in [2.75, 3.05) is 20.3 Å². The van der Waals surface area contributed by atoms with Crippen LogP contribution in [-0.2, 0) is 16.1 Å². The second-order valence-electron chi connectivity index (χ2n) is 4.41. The second kappa shape index (κ2) is 9.86. The molecule has 0 bridgehead atoms. The van der Waals surface area contributed by atoms with Crippen molar-refractivity contribution in [2.24, 2.45) is 0 Å². The van der Waals surface area contributed by atoms with Crippen LogP contribution >= 0.6 is 0 Å². The van der Waals surface area contributed by atoms with Gasteiger partial charge in [-0.05, 0) is 30.0 Å². The molecule has 2 heteroatoms. The van der Waals surface area contributed by atoms with E-state index in [9.17, 15) is 0 Å². The van der Waals surface area contributed by atoms with E-state index in [1.807, 2.05) is 18.2 Å². The maximum Gasteiger partial charge on any atom is 0.0717 e. The zero-order valence-corrected chi connectivity index (χ0v) is 11.4. The quantitative estimate of drug-likeness (QED) is 0.581. The average molecular weight is 248 g/mol. The Morgan fingerprint density at radius 3 is 2.61 bits per heavy atom. The minimum atomic E-state index is 0.694. The van der Waals surface area contributed by atoms with Crippen LogP contribution in [0.25, 0.3) is 6.08 Å². The first-order chi connectivity index (χ1) is 8.86. The molecule has 0 spiro atoms. The first-order valence-corrected chi connectivity index (χ1v) is 6.65. The summed E-state index contributed by atoms with van der Waals surface area (Å²) in [6.07, 6.45) is 6.58. The van der Waals surface area contributed by atoms with Crippen molar-refractivity contribution in [3.63, 3.8) is 0 Å². The van der Waals surface area contributed by atoms with Crippen LogP contribution in [0.1, 0.15) is 36.8 Å². The summed E-state index contributed by atoms with van der Waals surface area (Å²) in [5, 5.41) is 0. The topological polar surface area (TPSA) is 18.5 Å². The van der Waals surface area contributed by atoms with Crippen LogP contribution in [0.15, 0.2) is 30.8 Å². The van der Waals surface area contributed by atoms with E-state index in [1.165, 1.54) is 18.4 Å². The van der Waals surface area contributed by atoms with Gasteiger partial charge in [0.05, 0.1) is 6.61 Å². The van der Waals surface area contributed by atoms with E-state index in [1.54, 1.807) is 7.11 Å². The maximum atomic E-state index is 5.66. The van der Waals surface area contributed by atoms with Crippen molar-refractivity contribution in [1.29, 1.82) is 0 Å². The first kappa shape index (κ1) is 14.9. The molecular weight excluding hydrogens is 224 g/mol. The lowest BCUT2D eigenvalue weighted by Gasteiger charge is -2.05. The monoisotopic (exact) mass is 248 g/mol. The minimum absolute atomic E-state index is 0.694. The maximum absolute atomic E-state index is 5.66. The van der Waals surface area contributed by atoms with Gasteiger partial charge in [-0.2, -0.15) is 0 Å². The van der Waals surface area contributed by atoms with E-state index >= 15 is 0 Å². The normalized spacial score (nSPS) is 10.5. The van der Waals surface area contributed by atoms with Gasteiger partial charge in [0.1, 0.15) is 0 Å². The summed E-state index contributed by atoms with van der Waals surface area (Å²) < 4.78 is 10.7. The van der Waals surface area contributed by atoms with Crippen molar-refractivity contribution >= 4 is 6.08 Å². The van der Waals surface area contributed by atoms with E-state index in [4.69, 9.17) is 9.47 Å². The van der Waals surface area contributed by atoms with Gasteiger partial charge in [0.2, 0.25) is 0 Å². The Hall–Kier alpha value is -1.12. The molecule has 0 aliphatic rings. The third-order valence-corrected chi connectivity index (χ3v) is 2.84. The second-order valence-corrected chi connectivity index (χ2v) is 4.41. The van der Waals surface area contributed by atoms with Crippen molar-refractivity contribution < 1.29 is 9.47 Å². The van der Waals surface area contributed by atoms with Gasteiger partial charge >= 0.3 is 0 Å².